The number of nitrogens with one attached hydrogen (secondary N) is 1. The molecule has 4 heteroatoms. The van der Waals surface area contributed by atoms with Crippen LogP contribution >= 0.6 is 11.8 Å². The van der Waals surface area contributed by atoms with Crippen molar-refractivity contribution in [1.82, 2.24) is 10.2 Å². The van der Waals surface area contributed by atoms with Crippen molar-refractivity contribution < 1.29 is 4.79 Å². The first kappa shape index (κ1) is 15.8. The van der Waals surface area contributed by atoms with Gasteiger partial charge in [-0.05, 0) is 32.4 Å². The number of carbonyl (C=O) groups is 1. The maximum atomic E-state index is 12.4. The molecule has 1 heterocycles. The fourth-order valence-corrected chi connectivity index (χ4v) is 3.21. The molecule has 0 aromatic carbocycles. The maximum Gasteiger partial charge on any atom is 0.239 e. The van der Waals surface area contributed by atoms with Crippen LogP contribution in [0, 0.1) is 0 Å². The van der Waals surface area contributed by atoms with Crippen molar-refractivity contribution in [3.8, 4) is 0 Å². The second kappa shape index (κ2) is 8.81. The van der Waals surface area contributed by atoms with Crippen LogP contribution in [0.4, 0.5) is 0 Å². The lowest BCUT2D eigenvalue weighted by atomic mass is 10.2. The van der Waals surface area contributed by atoms with E-state index < -0.39 is 0 Å². The summed E-state index contributed by atoms with van der Waals surface area (Å²) < 4.78 is 0. The molecule has 1 rings (SSSR count). The van der Waals surface area contributed by atoms with Crippen molar-refractivity contribution >= 4 is 17.7 Å². The molecule has 1 N–H and O–H groups in total. The highest BCUT2D eigenvalue weighted by molar-refractivity contribution is 7.98. The van der Waals surface area contributed by atoms with E-state index in [0.717, 1.165) is 25.3 Å². The van der Waals surface area contributed by atoms with Gasteiger partial charge in [-0.15, -0.1) is 0 Å². The smallest absolute Gasteiger partial charge is 0.239 e. The number of hydrogen-bond acceptors (Lipinski definition) is 3. The van der Waals surface area contributed by atoms with Gasteiger partial charge in [0.15, 0.2) is 0 Å². The molecule has 0 aliphatic carbocycles. The summed E-state index contributed by atoms with van der Waals surface area (Å²) in [6.07, 6.45) is 8.08. The number of amides is 1. The van der Waals surface area contributed by atoms with E-state index in [9.17, 15) is 4.79 Å². The number of nitrogens with zero attached hydrogens (tertiary/aromatic N) is 1. The largest absolute Gasteiger partial charge is 0.341 e. The highest BCUT2D eigenvalue weighted by atomic mass is 32.2. The Balaban J connectivity index is 2.43. The Kier molecular flexibility index (Phi) is 7.75. The summed E-state index contributed by atoms with van der Waals surface area (Å²) in [5, 5.41) is 3.47. The molecule has 106 valence electrons. The van der Waals surface area contributed by atoms with E-state index in [2.05, 4.69) is 23.4 Å². The predicted molar refractivity (Wildman–Crippen MR) is 80.1 cm³/mol. The molecule has 0 bridgehead atoms. The van der Waals surface area contributed by atoms with Gasteiger partial charge in [-0.25, -0.2) is 0 Å². The van der Waals surface area contributed by atoms with Crippen molar-refractivity contribution in [1.29, 1.82) is 0 Å². The van der Waals surface area contributed by atoms with Gasteiger partial charge in [0.1, 0.15) is 0 Å². The van der Waals surface area contributed by atoms with Crippen molar-refractivity contribution in [3.63, 3.8) is 0 Å². The molecule has 0 radical (unpaired) electrons. The minimum absolute atomic E-state index is 0.0415. The van der Waals surface area contributed by atoms with Crippen molar-refractivity contribution in [2.24, 2.45) is 0 Å². The second-order valence-electron chi connectivity index (χ2n) is 5.19. The fraction of sp³-hybridized carbons (Fsp3) is 0.929. The number of hydrogen-bond donors (Lipinski definition) is 1. The third-order valence-corrected chi connectivity index (χ3v) is 4.37. The first-order chi connectivity index (χ1) is 8.69. The van der Waals surface area contributed by atoms with Crippen LogP contribution in [0.5, 0.6) is 0 Å². The van der Waals surface area contributed by atoms with Gasteiger partial charge in [0, 0.05) is 24.9 Å². The zero-order valence-electron chi connectivity index (χ0n) is 12.1. The molecule has 1 aliphatic rings. The summed E-state index contributed by atoms with van der Waals surface area (Å²) >= 11 is 1.84. The predicted octanol–water partition coefficient (Wildman–Crippen LogP) is 2.51. The Labute approximate surface area is 116 Å². The van der Waals surface area contributed by atoms with Crippen LogP contribution in [0.15, 0.2) is 0 Å². The highest BCUT2D eigenvalue weighted by Gasteiger charge is 2.22. The Morgan fingerprint density at radius 1 is 1.28 bits per heavy atom. The van der Waals surface area contributed by atoms with Gasteiger partial charge in [0.05, 0.1) is 6.04 Å². The van der Waals surface area contributed by atoms with Crippen LogP contribution in [-0.4, -0.2) is 48.0 Å². The minimum atomic E-state index is -0.0415. The first-order valence-electron chi connectivity index (χ1n) is 7.22. The molecule has 1 fully saturated rings. The van der Waals surface area contributed by atoms with Gasteiger partial charge in [-0.2, -0.15) is 11.8 Å². The SMILES string of the molecule is CCC(CSC)NC(C)C(=O)N1CCCCCC1. The summed E-state index contributed by atoms with van der Waals surface area (Å²) in [7, 11) is 0. The fourth-order valence-electron chi connectivity index (χ4n) is 2.47. The van der Waals surface area contributed by atoms with Crippen LogP contribution < -0.4 is 5.32 Å². The molecular formula is C14H28N2OS. The van der Waals surface area contributed by atoms with E-state index in [4.69, 9.17) is 0 Å². The number of likely N-dealkylation sites (tertiary alicyclic amines) is 1. The average molecular weight is 272 g/mol. The summed E-state index contributed by atoms with van der Waals surface area (Å²) in [6, 6.07) is 0.408. The van der Waals surface area contributed by atoms with Crippen LogP contribution in [0.1, 0.15) is 46.0 Å². The van der Waals surface area contributed by atoms with E-state index in [1.54, 1.807) is 0 Å². The van der Waals surface area contributed by atoms with Crippen LogP contribution in [0.2, 0.25) is 0 Å². The first-order valence-corrected chi connectivity index (χ1v) is 8.62. The molecule has 3 nitrogen and oxygen atoms in total. The molecule has 1 aliphatic heterocycles. The van der Waals surface area contributed by atoms with Crippen molar-refractivity contribution in [2.45, 2.75) is 58.0 Å². The van der Waals surface area contributed by atoms with Crippen LogP contribution in [0.3, 0.4) is 0 Å². The average Bonchev–Trinajstić information content (AvgIpc) is 2.65. The summed E-state index contributed by atoms with van der Waals surface area (Å²) in [6.45, 7) is 6.08. The normalized spacial score (nSPS) is 20.3. The number of rotatable bonds is 6. The summed E-state index contributed by atoms with van der Waals surface area (Å²) in [4.78, 5) is 14.4. The molecule has 1 saturated heterocycles. The topological polar surface area (TPSA) is 32.3 Å². The lowest BCUT2D eigenvalue weighted by Crippen LogP contribution is -2.49. The van der Waals surface area contributed by atoms with Gasteiger partial charge in [0.2, 0.25) is 5.91 Å². The molecule has 18 heavy (non-hydrogen) atoms. The van der Waals surface area contributed by atoms with Gasteiger partial charge in [-0.1, -0.05) is 19.8 Å². The monoisotopic (exact) mass is 272 g/mol. The quantitative estimate of drug-likeness (QED) is 0.806. The molecule has 2 unspecified atom stereocenters. The minimum Gasteiger partial charge on any atom is -0.341 e. The standard InChI is InChI=1S/C14H28N2OS/c1-4-13(11-18-3)15-12(2)14(17)16-9-7-5-6-8-10-16/h12-13,15H,4-11H2,1-3H3. The van der Waals surface area contributed by atoms with E-state index in [-0.39, 0.29) is 11.9 Å². The van der Waals surface area contributed by atoms with Crippen LogP contribution in [-0.2, 0) is 4.79 Å². The zero-order chi connectivity index (χ0) is 13.4. The molecule has 0 aromatic heterocycles. The summed E-state index contributed by atoms with van der Waals surface area (Å²) in [5.74, 6) is 1.37. The summed E-state index contributed by atoms with van der Waals surface area (Å²) in [5.41, 5.74) is 0. The third-order valence-electron chi connectivity index (χ3n) is 3.63. The zero-order valence-corrected chi connectivity index (χ0v) is 12.9. The van der Waals surface area contributed by atoms with E-state index in [1.165, 1.54) is 25.7 Å². The van der Waals surface area contributed by atoms with Crippen molar-refractivity contribution in [2.75, 3.05) is 25.1 Å². The molecule has 0 spiro atoms. The third kappa shape index (κ3) is 5.19. The Morgan fingerprint density at radius 2 is 1.89 bits per heavy atom. The molecule has 0 saturated carbocycles. The van der Waals surface area contributed by atoms with E-state index in [0.29, 0.717) is 6.04 Å². The van der Waals surface area contributed by atoms with Gasteiger partial charge in [-0.3, -0.25) is 4.79 Å². The van der Waals surface area contributed by atoms with E-state index in [1.807, 2.05) is 18.7 Å². The van der Waals surface area contributed by atoms with E-state index >= 15 is 0 Å². The van der Waals surface area contributed by atoms with Crippen LogP contribution in [0.25, 0.3) is 0 Å². The van der Waals surface area contributed by atoms with Crippen molar-refractivity contribution in [3.05, 3.63) is 0 Å². The Hall–Kier alpha value is -0.220. The lowest BCUT2D eigenvalue weighted by molar-refractivity contribution is -0.133. The molecule has 2 atom stereocenters. The highest BCUT2D eigenvalue weighted by Crippen LogP contribution is 2.11. The number of carbonyl (C=O) groups excluding carboxylic acids is 1. The molecule has 0 aromatic rings. The Morgan fingerprint density at radius 3 is 2.39 bits per heavy atom. The molecular weight excluding hydrogens is 244 g/mol. The van der Waals surface area contributed by atoms with Gasteiger partial charge >= 0.3 is 0 Å². The maximum absolute atomic E-state index is 12.4. The lowest BCUT2D eigenvalue weighted by Gasteiger charge is -2.27. The van der Waals surface area contributed by atoms with Gasteiger partial charge < -0.3 is 10.2 Å². The second-order valence-corrected chi connectivity index (χ2v) is 6.10. The Bertz CT molecular complexity index is 240. The molecule has 1 amide bonds. The number of thioether (sulfide) groups is 1. The van der Waals surface area contributed by atoms with Gasteiger partial charge in [0.25, 0.3) is 0 Å².